The smallest absolute Gasteiger partial charge is 0.263 e. The number of carbonyl (C=O) groups excluding carboxylic acids is 1. The quantitative estimate of drug-likeness (QED) is 0.821. The molecule has 2 aromatic rings. The SMILES string of the molecule is O=C1CCCc2sc(-c3cccc(C(F)F)c3)nc21. The fourth-order valence-corrected chi connectivity index (χ4v) is 3.32. The van der Waals surface area contributed by atoms with E-state index in [2.05, 4.69) is 4.98 Å². The van der Waals surface area contributed by atoms with Crippen LogP contribution in [-0.2, 0) is 6.42 Å². The minimum atomic E-state index is -2.49. The molecule has 5 heteroatoms. The molecule has 0 N–H and O–H groups in total. The van der Waals surface area contributed by atoms with Crippen molar-refractivity contribution >= 4 is 17.1 Å². The molecule has 0 saturated heterocycles. The Kier molecular flexibility index (Phi) is 3.14. The van der Waals surface area contributed by atoms with Gasteiger partial charge in [-0.25, -0.2) is 13.8 Å². The molecule has 0 amide bonds. The van der Waals surface area contributed by atoms with Gasteiger partial charge in [0.2, 0.25) is 0 Å². The summed E-state index contributed by atoms with van der Waals surface area (Å²) in [4.78, 5) is 17.0. The number of aromatic nitrogens is 1. The molecule has 1 heterocycles. The second kappa shape index (κ2) is 4.81. The topological polar surface area (TPSA) is 30.0 Å². The molecule has 0 aliphatic heterocycles. The van der Waals surface area contributed by atoms with Gasteiger partial charge in [-0.3, -0.25) is 4.79 Å². The Labute approximate surface area is 113 Å². The van der Waals surface area contributed by atoms with Gasteiger partial charge in [-0.15, -0.1) is 11.3 Å². The first kappa shape index (κ1) is 12.4. The van der Waals surface area contributed by atoms with Crippen LogP contribution >= 0.6 is 11.3 Å². The Morgan fingerprint density at radius 2 is 2.11 bits per heavy atom. The van der Waals surface area contributed by atoms with Gasteiger partial charge < -0.3 is 0 Å². The van der Waals surface area contributed by atoms with Crippen LogP contribution < -0.4 is 0 Å². The van der Waals surface area contributed by atoms with Crippen molar-refractivity contribution in [2.24, 2.45) is 0 Å². The minimum Gasteiger partial charge on any atom is -0.292 e. The van der Waals surface area contributed by atoms with Crippen molar-refractivity contribution in [3.63, 3.8) is 0 Å². The van der Waals surface area contributed by atoms with E-state index in [1.807, 2.05) is 0 Å². The van der Waals surface area contributed by atoms with Crippen LogP contribution in [0.5, 0.6) is 0 Å². The maximum atomic E-state index is 12.7. The van der Waals surface area contributed by atoms with E-state index in [1.165, 1.54) is 23.5 Å². The average molecular weight is 279 g/mol. The maximum Gasteiger partial charge on any atom is 0.263 e. The van der Waals surface area contributed by atoms with Gasteiger partial charge in [0.05, 0.1) is 0 Å². The molecule has 0 fully saturated rings. The van der Waals surface area contributed by atoms with Crippen LogP contribution in [0.25, 0.3) is 10.6 Å². The van der Waals surface area contributed by atoms with Crippen molar-refractivity contribution in [3.8, 4) is 10.6 Å². The summed E-state index contributed by atoms with van der Waals surface area (Å²) < 4.78 is 25.4. The third-order valence-corrected chi connectivity index (χ3v) is 4.32. The zero-order valence-electron chi connectivity index (χ0n) is 10.0. The molecule has 98 valence electrons. The highest BCUT2D eigenvalue weighted by Gasteiger charge is 2.22. The van der Waals surface area contributed by atoms with E-state index in [1.54, 1.807) is 12.1 Å². The Morgan fingerprint density at radius 1 is 1.26 bits per heavy atom. The summed E-state index contributed by atoms with van der Waals surface area (Å²) >= 11 is 1.44. The molecular formula is C14H11F2NOS. The van der Waals surface area contributed by atoms with E-state index in [4.69, 9.17) is 0 Å². The van der Waals surface area contributed by atoms with E-state index < -0.39 is 6.43 Å². The van der Waals surface area contributed by atoms with Crippen LogP contribution in [0.3, 0.4) is 0 Å². The monoisotopic (exact) mass is 279 g/mol. The largest absolute Gasteiger partial charge is 0.292 e. The molecule has 0 unspecified atom stereocenters. The fraction of sp³-hybridized carbons (Fsp3) is 0.286. The summed E-state index contributed by atoms with van der Waals surface area (Å²) in [7, 11) is 0. The minimum absolute atomic E-state index is 0.0167. The van der Waals surface area contributed by atoms with Crippen LogP contribution in [-0.4, -0.2) is 10.8 Å². The highest BCUT2D eigenvalue weighted by molar-refractivity contribution is 7.15. The number of Topliss-reactive ketones (excluding diaryl/α,β-unsaturated/α-hetero) is 1. The first-order valence-electron chi connectivity index (χ1n) is 6.06. The molecule has 0 bridgehead atoms. The summed E-state index contributed by atoms with van der Waals surface area (Å²) in [5.74, 6) is 0.0637. The van der Waals surface area contributed by atoms with Crippen LogP contribution in [0.15, 0.2) is 24.3 Å². The maximum absolute atomic E-state index is 12.7. The van der Waals surface area contributed by atoms with E-state index in [-0.39, 0.29) is 11.3 Å². The standard InChI is InChI=1S/C14H11F2NOS/c15-13(16)8-3-1-4-9(7-8)14-17-12-10(18)5-2-6-11(12)19-14/h1,3-4,7,13H,2,5-6H2. The summed E-state index contributed by atoms with van der Waals surface area (Å²) in [6.45, 7) is 0. The summed E-state index contributed by atoms with van der Waals surface area (Å²) in [6, 6.07) is 6.19. The molecule has 0 spiro atoms. The van der Waals surface area contributed by atoms with Crippen LogP contribution in [0.4, 0.5) is 8.78 Å². The summed E-state index contributed by atoms with van der Waals surface area (Å²) in [5, 5.41) is 0.655. The van der Waals surface area contributed by atoms with Gasteiger partial charge in [0, 0.05) is 22.4 Å². The van der Waals surface area contributed by atoms with Crippen molar-refractivity contribution in [3.05, 3.63) is 40.4 Å². The third-order valence-electron chi connectivity index (χ3n) is 3.15. The fourth-order valence-electron chi connectivity index (χ4n) is 2.20. The van der Waals surface area contributed by atoms with Crippen molar-refractivity contribution in [2.45, 2.75) is 25.7 Å². The highest BCUT2D eigenvalue weighted by atomic mass is 32.1. The Balaban J connectivity index is 2.03. The van der Waals surface area contributed by atoms with Gasteiger partial charge in [0.1, 0.15) is 10.7 Å². The van der Waals surface area contributed by atoms with Crippen molar-refractivity contribution < 1.29 is 13.6 Å². The number of fused-ring (bicyclic) bond motifs is 1. The first-order chi connectivity index (χ1) is 9.15. The Hall–Kier alpha value is -1.62. The lowest BCUT2D eigenvalue weighted by Crippen LogP contribution is -2.08. The number of hydrogen-bond donors (Lipinski definition) is 0. The molecule has 1 aliphatic rings. The van der Waals surface area contributed by atoms with Gasteiger partial charge >= 0.3 is 0 Å². The van der Waals surface area contributed by atoms with Gasteiger partial charge in [-0.05, 0) is 18.9 Å². The highest BCUT2D eigenvalue weighted by Crippen LogP contribution is 2.33. The number of carbonyl (C=O) groups is 1. The van der Waals surface area contributed by atoms with Crippen LogP contribution in [0.1, 0.15) is 40.2 Å². The predicted molar refractivity (Wildman–Crippen MR) is 69.8 cm³/mol. The number of aryl methyl sites for hydroxylation is 1. The Bertz CT molecular complexity index is 636. The number of alkyl halides is 2. The summed E-state index contributed by atoms with van der Waals surface area (Å²) in [6.07, 6.45) is -0.249. The average Bonchev–Trinajstić information content (AvgIpc) is 2.84. The first-order valence-corrected chi connectivity index (χ1v) is 6.88. The number of nitrogens with zero attached hydrogens (tertiary/aromatic N) is 1. The summed E-state index contributed by atoms with van der Waals surface area (Å²) in [5.41, 5.74) is 1.18. The molecule has 0 radical (unpaired) electrons. The number of ketones is 1. The number of benzene rings is 1. The van der Waals surface area contributed by atoms with Crippen LogP contribution in [0.2, 0.25) is 0 Å². The van der Waals surface area contributed by atoms with E-state index >= 15 is 0 Å². The van der Waals surface area contributed by atoms with Crippen molar-refractivity contribution in [1.82, 2.24) is 4.98 Å². The molecule has 2 nitrogen and oxygen atoms in total. The van der Waals surface area contributed by atoms with E-state index in [0.29, 0.717) is 22.7 Å². The van der Waals surface area contributed by atoms with Gasteiger partial charge in [-0.1, -0.05) is 18.2 Å². The van der Waals surface area contributed by atoms with Gasteiger partial charge in [0.15, 0.2) is 5.78 Å². The number of hydrogen-bond acceptors (Lipinski definition) is 3. The number of thiazole rings is 1. The Morgan fingerprint density at radius 3 is 2.84 bits per heavy atom. The van der Waals surface area contributed by atoms with Gasteiger partial charge in [0.25, 0.3) is 6.43 Å². The molecule has 1 aliphatic carbocycles. The van der Waals surface area contributed by atoms with E-state index in [9.17, 15) is 13.6 Å². The second-order valence-corrected chi connectivity index (χ2v) is 5.58. The molecular weight excluding hydrogens is 268 g/mol. The molecule has 0 atom stereocenters. The second-order valence-electron chi connectivity index (χ2n) is 4.49. The molecule has 0 saturated carbocycles. The van der Waals surface area contributed by atoms with Crippen LogP contribution in [0, 0.1) is 0 Å². The van der Waals surface area contributed by atoms with Crippen molar-refractivity contribution in [1.29, 1.82) is 0 Å². The van der Waals surface area contributed by atoms with Crippen molar-refractivity contribution in [2.75, 3.05) is 0 Å². The van der Waals surface area contributed by atoms with E-state index in [0.717, 1.165) is 17.7 Å². The van der Waals surface area contributed by atoms with Gasteiger partial charge in [-0.2, -0.15) is 0 Å². The predicted octanol–water partition coefficient (Wildman–Crippen LogP) is 4.27. The lowest BCUT2D eigenvalue weighted by atomic mass is 10.0. The molecule has 1 aromatic heterocycles. The third kappa shape index (κ3) is 2.30. The zero-order valence-corrected chi connectivity index (χ0v) is 10.8. The number of halogens is 2. The lowest BCUT2D eigenvalue weighted by Gasteiger charge is -2.06. The molecule has 1 aromatic carbocycles. The lowest BCUT2D eigenvalue weighted by molar-refractivity contribution is 0.0968. The zero-order chi connectivity index (χ0) is 13.4. The number of rotatable bonds is 2. The molecule has 19 heavy (non-hydrogen) atoms. The normalized spacial score (nSPS) is 14.8. The molecule has 3 rings (SSSR count).